The standard InChI is InChI=1S/C16H22BrNO4/c1-20-15(19)11-4-6-13(7-5-11)18-9-8-12(10-14(18)17)16(21-2)22-3/h4-7,12,14,16H,8-10H2,1-3H3. The molecule has 1 saturated heterocycles. The van der Waals surface area contributed by atoms with Crippen molar-refractivity contribution in [3.05, 3.63) is 29.8 Å². The highest BCUT2D eigenvalue weighted by atomic mass is 79.9. The molecule has 1 aromatic carbocycles. The Balaban J connectivity index is 2.04. The summed E-state index contributed by atoms with van der Waals surface area (Å²) in [6, 6.07) is 7.48. The van der Waals surface area contributed by atoms with E-state index in [1.165, 1.54) is 7.11 Å². The highest BCUT2D eigenvalue weighted by Crippen LogP contribution is 2.33. The SMILES string of the molecule is COC(=O)c1ccc(N2CCC(C(OC)OC)CC2Br)cc1. The summed E-state index contributed by atoms with van der Waals surface area (Å²) in [7, 11) is 4.74. The van der Waals surface area contributed by atoms with Crippen molar-refractivity contribution in [3.8, 4) is 0 Å². The third-order valence-corrected chi connectivity index (χ3v) is 4.91. The Bertz CT molecular complexity index is 489. The van der Waals surface area contributed by atoms with Crippen LogP contribution in [-0.4, -0.2) is 45.1 Å². The average molecular weight is 372 g/mol. The largest absolute Gasteiger partial charge is 0.465 e. The summed E-state index contributed by atoms with van der Waals surface area (Å²) < 4.78 is 15.5. The number of halogens is 1. The average Bonchev–Trinajstić information content (AvgIpc) is 2.55. The van der Waals surface area contributed by atoms with Crippen molar-refractivity contribution in [1.82, 2.24) is 0 Å². The highest BCUT2D eigenvalue weighted by molar-refractivity contribution is 9.09. The van der Waals surface area contributed by atoms with Crippen LogP contribution in [-0.2, 0) is 14.2 Å². The normalized spacial score (nSPS) is 22.0. The number of esters is 1. The zero-order chi connectivity index (χ0) is 16.1. The van der Waals surface area contributed by atoms with Crippen molar-refractivity contribution in [2.45, 2.75) is 24.1 Å². The second kappa shape index (κ2) is 7.94. The topological polar surface area (TPSA) is 48.0 Å². The molecule has 0 saturated carbocycles. The van der Waals surface area contributed by atoms with Gasteiger partial charge in [-0.25, -0.2) is 4.79 Å². The predicted molar refractivity (Wildman–Crippen MR) is 88.4 cm³/mol. The molecule has 122 valence electrons. The number of anilines is 1. The molecular formula is C16H22BrNO4. The fraction of sp³-hybridized carbons (Fsp3) is 0.562. The molecule has 22 heavy (non-hydrogen) atoms. The molecule has 0 spiro atoms. The van der Waals surface area contributed by atoms with Gasteiger partial charge in [0.1, 0.15) is 0 Å². The van der Waals surface area contributed by atoms with Crippen molar-refractivity contribution < 1.29 is 19.0 Å². The van der Waals surface area contributed by atoms with Crippen LogP contribution in [0.3, 0.4) is 0 Å². The number of alkyl halides is 1. The van der Waals surface area contributed by atoms with Gasteiger partial charge in [-0.1, -0.05) is 15.9 Å². The minimum atomic E-state index is -0.316. The molecule has 0 aliphatic carbocycles. The lowest BCUT2D eigenvalue weighted by Gasteiger charge is -2.40. The number of hydrogen-bond acceptors (Lipinski definition) is 5. The van der Waals surface area contributed by atoms with Crippen LogP contribution < -0.4 is 4.90 Å². The Kier molecular flexibility index (Phi) is 6.23. The lowest BCUT2D eigenvalue weighted by Crippen LogP contribution is -2.43. The first-order chi connectivity index (χ1) is 10.6. The fourth-order valence-electron chi connectivity index (χ4n) is 2.87. The summed E-state index contributed by atoms with van der Waals surface area (Å²) in [4.78, 5) is 14.0. The first-order valence-electron chi connectivity index (χ1n) is 7.25. The van der Waals surface area contributed by atoms with Crippen LogP contribution in [0, 0.1) is 5.92 Å². The molecule has 0 aromatic heterocycles. The van der Waals surface area contributed by atoms with Crippen LogP contribution in [0.5, 0.6) is 0 Å². The molecule has 2 rings (SSSR count). The zero-order valence-electron chi connectivity index (χ0n) is 13.1. The third-order valence-electron chi connectivity index (χ3n) is 4.05. The summed E-state index contributed by atoms with van der Waals surface area (Å²) in [5, 5.41) is 0. The van der Waals surface area contributed by atoms with E-state index in [1.807, 2.05) is 12.1 Å². The zero-order valence-corrected chi connectivity index (χ0v) is 14.7. The van der Waals surface area contributed by atoms with Gasteiger partial charge in [0.25, 0.3) is 0 Å². The Morgan fingerprint density at radius 1 is 1.23 bits per heavy atom. The van der Waals surface area contributed by atoms with Crippen LogP contribution in [0.15, 0.2) is 24.3 Å². The first kappa shape index (κ1) is 17.2. The molecule has 2 unspecified atom stereocenters. The summed E-state index contributed by atoms with van der Waals surface area (Å²) >= 11 is 3.74. The maximum Gasteiger partial charge on any atom is 0.337 e. The number of ether oxygens (including phenoxy) is 3. The van der Waals surface area contributed by atoms with E-state index >= 15 is 0 Å². The molecule has 0 amide bonds. The van der Waals surface area contributed by atoms with Crippen molar-refractivity contribution in [2.75, 3.05) is 32.8 Å². The lowest BCUT2D eigenvalue weighted by molar-refractivity contribution is -0.141. The van der Waals surface area contributed by atoms with Gasteiger partial charge in [0, 0.05) is 32.4 Å². The number of carbonyl (C=O) groups excluding carboxylic acids is 1. The number of carbonyl (C=O) groups is 1. The second-order valence-electron chi connectivity index (χ2n) is 5.29. The molecule has 1 aliphatic heterocycles. The number of nitrogens with zero attached hydrogens (tertiary/aromatic N) is 1. The van der Waals surface area contributed by atoms with Crippen LogP contribution in [0.1, 0.15) is 23.2 Å². The third kappa shape index (κ3) is 3.80. The molecule has 5 nitrogen and oxygen atoms in total. The molecule has 2 atom stereocenters. The Labute approximate surface area is 139 Å². The van der Waals surface area contributed by atoms with Gasteiger partial charge < -0.3 is 19.1 Å². The summed E-state index contributed by atoms with van der Waals surface area (Å²) in [5.74, 6) is 0.0497. The number of benzene rings is 1. The van der Waals surface area contributed by atoms with Crippen molar-refractivity contribution in [2.24, 2.45) is 5.92 Å². The first-order valence-corrected chi connectivity index (χ1v) is 8.17. The van der Waals surface area contributed by atoms with Crippen LogP contribution in [0.2, 0.25) is 0 Å². The van der Waals surface area contributed by atoms with Crippen molar-refractivity contribution >= 4 is 27.6 Å². The predicted octanol–water partition coefficient (Wildman–Crippen LogP) is 3.03. The van der Waals surface area contributed by atoms with E-state index in [4.69, 9.17) is 14.2 Å². The van der Waals surface area contributed by atoms with E-state index in [0.717, 1.165) is 25.1 Å². The number of rotatable bonds is 5. The van der Waals surface area contributed by atoms with Gasteiger partial charge in [-0.2, -0.15) is 0 Å². The Hall–Kier alpha value is -1.11. The van der Waals surface area contributed by atoms with Crippen molar-refractivity contribution in [1.29, 1.82) is 0 Å². The minimum absolute atomic E-state index is 0.163. The quantitative estimate of drug-likeness (QED) is 0.344. The summed E-state index contributed by atoms with van der Waals surface area (Å²) in [5.41, 5.74) is 1.64. The number of methoxy groups -OCH3 is 3. The van der Waals surface area contributed by atoms with Gasteiger partial charge in [0.15, 0.2) is 6.29 Å². The fourth-order valence-corrected chi connectivity index (χ4v) is 3.79. The van der Waals surface area contributed by atoms with Gasteiger partial charge in [0.05, 0.1) is 17.6 Å². The highest BCUT2D eigenvalue weighted by Gasteiger charge is 2.32. The number of hydrogen-bond donors (Lipinski definition) is 0. The van der Waals surface area contributed by atoms with Gasteiger partial charge >= 0.3 is 5.97 Å². The van der Waals surface area contributed by atoms with Gasteiger partial charge in [-0.15, -0.1) is 0 Å². The Morgan fingerprint density at radius 3 is 2.36 bits per heavy atom. The minimum Gasteiger partial charge on any atom is -0.465 e. The van der Waals surface area contributed by atoms with E-state index in [-0.39, 0.29) is 17.2 Å². The molecule has 0 bridgehead atoms. The Morgan fingerprint density at radius 2 is 1.86 bits per heavy atom. The summed E-state index contributed by atoms with van der Waals surface area (Å²) in [6.07, 6.45) is 1.77. The van der Waals surface area contributed by atoms with Crippen LogP contribution in [0.4, 0.5) is 5.69 Å². The van der Waals surface area contributed by atoms with E-state index in [1.54, 1.807) is 26.4 Å². The van der Waals surface area contributed by atoms with E-state index in [0.29, 0.717) is 11.5 Å². The van der Waals surface area contributed by atoms with Crippen LogP contribution >= 0.6 is 15.9 Å². The molecule has 0 N–H and O–H groups in total. The van der Waals surface area contributed by atoms with E-state index < -0.39 is 0 Å². The monoisotopic (exact) mass is 371 g/mol. The number of piperidine rings is 1. The second-order valence-corrected chi connectivity index (χ2v) is 6.35. The van der Waals surface area contributed by atoms with Crippen molar-refractivity contribution in [3.63, 3.8) is 0 Å². The molecule has 1 heterocycles. The molecule has 1 aliphatic rings. The molecule has 1 fully saturated rings. The van der Waals surface area contributed by atoms with Gasteiger partial charge in [-0.3, -0.25) is 0 Å². The molecular weight excluding hydrogens is 350 g/mol. The lowest BCUT2D eigenvalue weighted by atomic mass is 9.95. The maximum absolute atomic E-state index is 11.5. The molecule has 0 radical (unpaired) electrons. The maximum atomic E-state index is 11.5. The summed E-state index contributed by atoms with van der Waals surface area (Å²) in [6.45, 7) is 0.904. The van der Waals surface area contributed by atoms with E-state index in [9.17, 15) is 4.79 Å². The molecule has 6 heteroatoms. The van der Waals surface area contributed by atoms with Gasteiger partial charge in [0.2, 0.25) is 0 Å². The van der Waals surface area contributed by atoms with E-state index in [2.05, 4.69) is 20.8 Å². The van der Waals surface area contributed by atoms with Gasteiger partial charge in [-0.05, 0) is 37.1 Å². The molecule has 1 aromatic rings. The smallest absolute Gasteiger partial charge is 0.337 e. The van der Waals surface area contributed by atoms with Crippen LogP contribution in [0.25, 0.3) is 0 Å².